The molecule has 0 aliphatic carbocycles. The molecule has 3 rings (SSSR count). The van der Waals surface area contributed by atoms with Gasteiger partial charge in [0.05, 0.1) is 0 Å². The van der Waals surface area contributed by atoms with Gasteiger partial charge in [0.2, 0.25) is 0 Å². The first-order valence-electron chi connectivity index (χ1n) is 7.18. The number of aromatic nitrogens is 3. The first-order chi connectivity index (χ1) is 10.5. The summed E-state index contributed by atoms with van der Waals surface area (Å²) >= 11 is 5.88. The number of nitrogens with zero attached hydrogens (tertiary/aromatic N) is 4. The van der Waals surface area contributed by atoms with E-state index in [9.17, 15) is 4.79 Å². The molecule has 0 radical (unpaired) electrons. The molecule has 7 heteroatoms. The van der Waals surface area contributed by atoms with Gasteiger partial charge in [-0.1, -0.05) is 17.7 Å². The van der Waals surface area contributed by atoms with Crippen molar-refractivity contribution < 1.29 is 0 Å². The Kier molecular flexibility index (Phi) is 4.13. The highest BCUT2D eigenvalue weighted by atomic mass is 35.5. The fraction of sp³-hybridized carbons (Fsp3) is 0.400. The van der Waals surface area contributed by atoms with Crippen LogP contribution in [0, 0.1) is 0 Å². The van der Waals surface area contributed by atoms with Crippen molar-refractivity contribution in [2.75, 3.05) is 25.5 Å². The number of likely N-dealkylation sites (N-methyl/N-ethyl adjacent to an activating group) is 1. The fourth-order valence-corrected chi connectivity index (χ4v) is 2.95. The molecule has 1 aliphatic heterocycles. The molecule has 2 aromatic heterocycles. The molecule has 0 amide bonds. The number of nitrogens with one attached hydrogen (secondary N) is 1. The highest BCUT2D eigenvalue weighted by Crippen LogP contribution is 2.26. The third-order valence-electron chi connectivity index (χ3n) is 3.95. The molecule has 22 heavy (non-hydrogen) atoms. The summed E-state index contributed by atoms with van der Waals surface area (Å²) in [6.45, 7) is 2.19. The highest BCUT2D eigenvalue weighted by Gasteiger charge is 2.21. The van der Waals surface area contributed by atoms with Crippen LogP contribution in [0.1, 0.15) is 17.9 Å². The molecule has 1 saturated heterocycles. The summed E-state index contributed by atoms with van der Waals surface area (Å²) in [6, 6.07) is 5.46. The predicted octanol–water partition coefficient (Wildman–Crippen LogP) is 1.99. The number of hydrogen-bond acceptors (Lipinski definition) is 5. The smallest absolute Gasteiger partial charge is 0.290 e. The standard InChI is InChI=1S/C15H18ClN5O/c1-20-6-5-11(9-20)10-3-4-14(17-8-10)18-12-7-13(16)19-21(2)15(12)22/h3-4,7-8,11H,5-6,9H2,1-2H3,(H,17,18)/t11-/m0/s1. The number of pyridine rings is 1. The first-order valence-corrected chi connectivity index (χ1v) is 7.56. The Morgan fingerprint density at radius 2 is 2.18 bits per heavy atom. The molecule has 0 bridgehead atoms. The van der Waals surface area contributed by atoms with E-state index in [1.54, 1.807) is 7.05 Å². The van der Waals surface area contributed by atoms with Crippen LogP contribution in [0.15, 0.2) is 29.2 Å². The molecule has 3 heterocycles. The van der Waals surface area contributed by atoms with Crippen molar-refractivity contribution in [3.8, 4) is 0 Å². The van der Waals surface area contributed by atoms with Gasteiger partial charge in [0.1, 0.15) is 11.5 Å². The van der Waals surface area contributed by atoms with Crippen molar-refractivity contribution in [2.24, 2.45) is 7.05 Å². The van der Waals surface area contributed by atoms with E-state index < -0.39 is 0 Å². The Hall–Kier alpha value is -1.92. The third kappa shape index (κ3) is 3.13. The number of rotatable bonds is 3. The van der Waals surface area contributed by atoms with Gasteiger partial charge in [0.25, 0.3) is 5.56 Å². The molecular weight excluding hydrogens is 302 g/mol. The van der Waals surface area contributed by atoms with Crippen LogP contribution in [0.4, 0.5) is 11.5 Å². The van der Waals surface area contributed by atoms with Gasteiger partial charge in [-0.25, -0.2) is 9.67 Å². The van der Waals surface area contributed by atoms with Crippen molar-refractivity contribution >= 4 is 23.1 Å². The van der Waals surface area contributed by atoms with Crippen molar-refractivity contribution in [2.45, 2.75) is 12.3 Å². The van der Waals surface area contributed by atoms with Gasteiger partial charge in [-0.2, -0.15) is 5.10 Å². The van der Waals surface area contributed by atoms with Crippen LogP contribution in [0.25, 0.3) is 0 Å². The largest absolute Gasteiger partial charge is 0.336 e. The van der Waals surface area contributed by atoms with Gasteiger partial charge < -0.3 is 10.2 Å². The Morgan fingerprint density at radius 1 is 1.36 bits per heavy atom. The SMILES string of the molecule is CN1CC[C@H](c2ccc(Nc3cc(Cl)nn(C)c3=O)nc2)C1. The van der Waals surface area contributed by atoms with Crippen molar-refractivity contribution in [1.29, 1.82) is 0 Å². The zero-order chi connectivity index (χ0) is 15.7. The Balaban J connectivity index is 1.78. The average Bonchev–Trinajstić information content (AvgIpc) is 2.91. The first kappa shape index (κ1) is 15.0. The zero-order valence-corrected chi connectivity index (χ0v) is 13.3. The van der Waals surface area contributed by atoms with Crippen molar-refractivity contribution in [3.63, 3.8) is 0 Å². The summed E-state index contributed by atoms with van der Waals surface area (Å²) in [5, 5.41) is 7.11. The maximum absolute atomic E-state index is 12.0. The van der Waals surface area contributed by atoms with E-state index >= 15 is 0 Å². The molecule has 2 aromatic rings. The molecule has 0 aromatic carbocycles. The molecule has 1 aliphatic rings. The molecule has 1 fully saturated rings. The van der Waals surface area contributed by atoms with Crippen LogP contribution in [0.2, 0.25) is 5.15 Å². The Labute approximate surface area is 133 Å². The van der Waals surface area contributed by atoms with Crippen molar-refractivity contribution in [1.82, 2.24) is 19.7 Å². The quantitative estimate of drug-likeness (QED) is 0.937. The van der Waals surface area contributed by atoms with Gasteiger partial charge >= 0.3 is 0 Å². The predicted molar refractivity (Wildman–Crippen MR) is 86.9 cm³/mol. The van der Waals surface area contributed by atoms with Crippen LogP contribution in [0.5, 0.6) is 0 Å². The fourth-order valence-electron chi connectivity index (χ4n) is 2.73. The average molecular weight is 320 g/mol. The van der Waals surface area contributed by atoms with Crippen LogP contribution in [-0.2, 0) is 7.05 Å². The molecule has 1 atom stereocenters. The van der Waals surface area contributed by atoms with Gasteiger partial charge in [0.15, 0.2) is 5.15 Å². The second-order valence-corrected chi connectivity index (χ2v) is 6.05. The Bertz CT molecular complexity index is 728. The summed E-state index contributed by atoms with van der Waals surface area (Å²) in [6.07, 6.45) is 3.03. The van der Waals surface area contributed by atoms with Gasteiger partial charge in [-0.3, -0.25) is 4.79 Å². The number of anilines is 2. The van der Waals surface area contributed by atoms with E-state index in [0.717, 1.165) is 19.5 Å². The summed E-state index contributed by atoms with van der Waals surface area (Å²) in [4.78, 5) is 18.7. The number of hydrogen-bond donors (Lipinski definition) is 1. The maximum atomic E-state index is 12.0. The lowest BCUT2D eigenvalue weighted by Crippen LogP contribution is -2.22. The van der Waals surface area contributed by atoms with E-state index in [0.29, 0.717) is 17.4 Å². The molecule has 0 unspecified atom stereocenters. The monoisotopic (exact) mass is 319 g/mol. The van der Waals surface area contributed by atoms with E-state index in [1.165, 1.54) is 16.3 Å². The summed E-state index contributed by atoms with van der Waals surface area (Å²) in [5.41, 5.74) is 1.35. The lowest BCUT2D eigenvalue weighted by molar-refractivity contribution is 0.411. The Morgan fingerprint density at radius 3 is 2.82 bits per heavy atom. The molecular formula is C15H18ClN5O. The lowest BCUT2D eigenvalue weighted by Gasteiger charge is -2.11. The molecule has 116 valence electrons. The van der Waals surface area contributed by atoms with Gasteiger partial charge in [0, 0.05) is 25.9 Å². The molecule has 0 spiro atoms. The van der Waals surface area contributed by atoms with Gasteiger partial charge in [-0.15, -0.1) is 0 Å². The number of aryl methyl sites for hydroxylation is 1. The van der Waals surface area contributed by atoms with E-state index in [-0.39, 0.29) is 10.7 Å². The third-order valence-corrected chi connectivity index (χ3v) is 4.13. The second-order valence-electron chi connectivity index (χ2n) is 5.66. The van der Waals surface area contributed by atoms with Crippen molar-refractivity contribution in [3.05, 3.63) is 45.5 Å². The maximum Gasteiger partial charge on any atom is 0.290 e. The van der Waals surface area contributed by atoms with E-state index in [1.807, 2.05) is 12.3 Å². The normalized spacial score (nSPS) is 18.6. The minimum Gasteiger partial charge on any atom is -0.336 e. The molecule has 0 saturated carbocycles. The molecule has 6 nitrogen and oxygen atoms in total. The van der Waals surface area contributed by atoms with Gasteiger partial charge in [-0.05, 0) is 37.6 Å². The second kappa shape index (κ2) is 6.06. The van der Waals surface area contributed by atoms with Crippen LogP contribution in [0.3, 0.4) is 0 Å². The topological polar surface area (TPSA) is 63.1 Å². The van der Waals surface area contributed by atoms with Crippen LogP contribution < -0.4 is 10.9 Å². The number of likely N-dealkylation sites (tertiary alicyclic amines) is 1. The lowest BCUT2D eigenvalue weighted by atomic mass is 10.0. The summed E-state index contributed by atoms with van der Waals surface area (Å²) in [7, 11) is 3.69. The van der Waals surface area contributed by atoms with Crippen LogP contribution in [-0.4, -0.2) is 39.8 Å². The zero-order valence-electron chi connectivity index (χ0n) is 12.6. The highest BCUT2D eigenvalue weighted by molar-refractivity contribution is 6.29. The van der Waals surface area contributed by atoms with E-state index in [2.05, 4.69) is 33.4 Å². The minimum absolute atomic E-state index is 0.243. The minimum atomic E-state index is -0.243. The summed E-state index contributed by atoms with van der Waals surface area (Å²) < 4.78 is 1.20. The van der Waals surface area contributed by atoms with E-state index in [4.69, 9.17) is 11.6 Å². The summed E-state index contributed by atoms with van der Waals surface area (Å²) in [5.74, 6) is 1.16. The number of halogens is 1. The molecule has 1 N–H and O–H groups in total. The van der Waals surface area contributed by atoms with Crippen LogP contribution >= 0.6 is 11.6 Å².